The molecule has 0 unspecified atom stereocenters. The van der Waals surface area contributed by atoms with Gasteiger partial charge in [0.2, 0.25) is 0 Å². The Kier molecular flexibility index (Phi) is 4.85. The van der Waals surface area contributed by atoms with Crippen LogP contribution in [0.5, 0.6) is 5.75 Å². The average molecular weight is 429 g/mol. The van der Waals surface area contributed by atoms with Gasteiger partial charge in [-0.25, -0.2) is 4.79 Å². The number of fused-ring (bicyclic) bond motifs is 1. The molecule has 0 bridgehead atoms. The summed E-state index contributed by atoms with van der Waals surface area (Å²) in [5.41, 5.74) is 3.50. The van der Waals surface area contributed by atoms with Crippen molar-refractivity contribution < 1.29 is 14.6 Å². The Hall–Kier alpha value is -1.56. The van der Waals surface area contributed by atoms with Gasteiger partial charge in [-0.15, -0.1) is 0 Å². The number of hydrogen-bond donors (Lipinski definition) is 1. The van der Waals surface area contributed by atoms with Crippen LogP contribution in [0.2, 0.25) is 10.0 Å². The molecule has 4 nitrogen and oxygen atoms in total. The highest BCUT2D eigenvalue weighted by atomic mass is 79.9. The van der Waals surface area contributed by atoms with E-state index in [0.29, 0.717) is 22.8 Å². The summed E-state index contributed by atoms with van der Waals surface area (Å²) in [6.45, 7) is 0. The van der Waals surface area contributed by atoms with Crippen molar-refractivity contribution in [2.75, 3.05) is 7.11 Å². The van der Waals surface area contributed by atoms with E-state index in [4.69, 9.17) is 27.9 Å². The van der Waals surface area contributed by atoms with E-state index in [9.17, 15) is 9.90 Å². The van der Waals surface area contributed by atoms with Gasteiger partial charge >= 0.3 is 5.97 Å². The second-order valence-electron chi connectivity index (χ2n) is 5.30. The maximum absolute atomic E-state index is 11.4. The highest BCUT2D eigenvalue weighted by Gasteiger charge is 2.23. The summed E-state index contributed by atoms with van der Waals surface area (Å²) in [6, 6.07) is 3.33. The topological polar surface area (TPSA) is 59.4 Å². The molecular formula is C17H12BrCl2NO3. The van der Waals surface area contributed by atoms with Gasteiger partial charge in [0.1, 0.15) is 5.75 Å². The molecule has 7 heteroatoms. The van der Waals surface area contributed by atoms with Crippen molar-refractivity contribution in [3.63, 3.8) is 0 Å². The van der Waals surface area contributed by atoms with Crippen LogP contribution in [-0.4, -0.2) is 23.2 Å². The summed E-state index contributed by atoms with van der Waals surface area (Å²) >= 11 is 16.1. The maximum Gasteiger partial charge on any atom is 0.337 e. The number of rotatable bonds is 4. The molecule has 0 atom stereocenters. The molecule has 0 fully saturated rings. The van der Waals surface area contributed by atoms with Crippen LogP contribution in [-0.2, 0) is 12.8 Å². The quantitative estimate of drug-likeness (QED) is 0.740. The third kappa shape index (κ3) is 3.04. The number of allylic oxidation sites excluding steroid dienone is 2. The van der Waals surface area contributed by atoms with Crippen LogP contribution in [0.3, 0.4) is 0 Å². The number of benzene rings is 1. The number of hydrogen-bond acceptors (Lipinski definition) is 3. The fourth-order valence-electron chi connectivity index (χ4n) is 2.72. The summed E-state index contributed by atoms with van der Waals surface area (Å²) in [4.78, 5) is 15.8. The van der Waals surface area contributed by atoms with E-state index in [2.05, 4.69) is 27.0 Å². The Morgan fingerprint density at radius 1 is 1.38 bits per heavy atom. The Labute approximate surface area is 157 Å². The van der Waals surface area contributed by atoms with E-state index in [0.717, 1.165) is 27.7 Å². The number of carboxylic acids is 1. The zero-order chi connectivity index (χ0) is 17.4. The van der Waals surface area contributed by atoms with Crippen LogP contribution < -0.4 is 4.74 Å². The van der Waals surface area contributed by atoms with Crippen molar-refractivity contribution in [3.05, 3.63) is 61.3 Å². The Morgan fingerprint density at radius 2 is 2.12 bits per heavy atom. The fourth-order valence-corrected chi connectivity index (χ4v) is 3.69. The molecule has 2 aromatic rings. The van der Waals surface area contributed by atoms with E-state index < -0.39 is 5.97 Å². The summed E-state index contributed by atoms with van der Waals surface area (Å²) in [5.74, 6) is -0.832. The number of carboxylic acid groups (broad SMARTS) is 1. The van der Waals surface area contributed by atoms with Gasteiger partial charge in [-0.05, 0) is 39.2 Å². The van der Waals surface area contributed by atoms with Gasteiger partial charge in [0.25, 0.3) is 0 Å². The van der Waals surface area contributed by atoms with E-state index >= 15 is 0 Å². The van der Waals surface area contributed by atoms with Crippen molar-refractivity contribution in [2.24, 2.45) is 0 Å². The minimum Gasteiger partial charge on any atom is -0.495 e. The minimum atomic E-state index is -1.12. The van der Waals surface area contributed by atoms with Crippen molar-refractivity contribution >= 4 is 50.7 Å². The van der Waals surface area contributed by atoms with E-state index in [-0.39, 0.29) is 10.6 Å². The highest BCUT2D eigenvalue weighted by Crippen LogP contribution is 2.40. The number of aromatic carboxylic acids is 1. The van der Waals surface area contributed by atoms with Crippen molar-refractivity contribution in [2.45, 2.75) is 12.8 Å². The molecule has 3 rings (SSSR count). The molecule has 0 saturated carbocycles. The molecule has 24 heavy (non-hydrogen) atoms. The van der Waals surface area contributed by atoms with Gasteiger partial charge < -0.3 is 9.84 Å². The standard InChI is InChI=1S/C17H12BrCl2NO3/c1-24-14-6-12(17(22)23)15(19)11(16(14)20)4-8-2-3-13-10(8)5-9(18)7-21-13/h2,5-7H,3-4H2,1H3,(H,22,23). The first-order valence-electron chi connectivity index (χ1n) is 7.04. The van der Waals surface area contributed by atoms with Crippen LogP contribution >= 0.6 is 39.1 Å². The second-order valence-corrected chi connectivity index (χ2v) is 6.97. The van der Waals surface area contributed by atoms with Crippen molar-refractivity contribution in [1.82, 2.24) is 4.98 Å². The molecule has 0 spiro atoms. The smallest absolute Gasteiger partial charge is 0.337 e. The zero-order valence-electron chi connectivity index (χ0n) is 12.6. The highest BCUT2D eigenvalue weighted by molar-refractivity contribution is 9.10. The molecular weight excluding hydrogens is 417 g/mol. The summed E-state index contributed by atoms with van der Waals surface area (Å²) in [5, 5.41) is 9.80. The number of pyridine rings is 1. The molecule has 0 saturated heterocycles. The third-order valence-electron chi connectivity index (χ3n) is 3.90. The lowest BCUT2D eigenvalue weighted by atomic mass is 9.99. The number of methoxy groups -OCH3 is 1. The SMILES string of the molecule is COc1cc(C(=O)O)c(Cl)c(CC2=CCc3ncc(Br)cc32)c1Cl. The van der Waals surface area contributed by atoms with E-state index in [1.807, 2.05) is 6.07 Å². The molecule has 0 radical (unpaired) electrons. The Balaban J connectivity index is 2.07. The van der Waals surface area contributed by atoms with Gasteiger partial charge in [0, 0.05) is 29.1 Å². The minimum absolute atomic E-state index is 0.0286. The van der Waals surface area contributed by atoms with Crippen LogP contribution in [0.15, 0.2) is 28.9 Å². The second kappa shape index (κ2) is 6.75. The number of ether oxygens (including phenoxy) is 1. The van der Waals surface area contributed by atoms with Crippen molar-refractivity contribution in [1.29, 1.82) is 0 Å². The number of nitrogens with zero attached hydrogens (tertiary/aromatic N) is 1. The van der Waals surface area contributed by atoms with Gasteiger partial charge in [-0.3, -0.25) is 4.98 Å². The molecule has 1 aliphatic carbocycles. The molecule has 1 aromatic carbocycles. The van der Waals surface area contributed by atoms with Gasteiger partial charge in [-0.2, -0.15) is 0 Å². The Morgan fingerprint density at radius 3 is 2.79 bits per heavy atom. The van der Waals surface area contributed by atoms with E-state index in [1.165, 1.54) is 13.2 Å². The van der Waals surface area contributed by atoms with Crippen LogP contribution in [0, 0.1) is 0 Å². The van der Waals surface area contributed by atoms with E-state index in [1.54, 1.807) is 6.20 Å². The molecule has 1 aromatic heterocycles. The lowest BCUT2D eigenvalue weighted by Gasteiger charge is -2.14. The molecule has 1 heterocycles. The number of aromatic nitrogens is 1. The van der Waals surface area contributed by atoms with Gasteiger partial charge in [0.15, 0.2) is 0 Å². The largest absolute Gasteiger partial charge is 0.495 e. The Bertz CT molecular complexity index is 881. The summed E-state index contributed by atoms with van der Waals surface area (Å²) in [6.07, 6.45) is 4.93. The normalized spacial score (nSPS) is 12.8. The van der Waals surface area contributed by atoms with Gasteiger partial charge in [0.05, 0.1) is 28.4 Å². The van der Waals surface area contributed by atoms with Crippen LogP contribution in [0.1, 0.15) is 27.2 Å². The van der Waals surface area contributed by atoms with Crippen molar-refractivity contribution in [3.8, 4) is 5.75 Å². The number of carbonyl (C=O) groups is 1. The predicted octanol–water partition coefficient (Wildman–Crippen LogP) is 5.04. The molecule has 1 aliphatic rings. The lowest BCUT2D eigenvalue weighted by molar-refractivity contribution is 0.0696. The zero-order valence-corrected chi connectivity index (χ0v) is 15.7. The average Bonchev–Trinajstić information content (AvgIpc) is 2.93. The predicted molar refractivity (Wildman–Crippen MR) is 97.3 cm³/mol. The summed E-state index contributed by atoms with van der Waals surface area (Å²) < 4.78 is 6.07. The summed E-state index contributed by atoms with van der Waals surface area (Å²) in [7, 11) is 1.44. The van der Waals surface area contributed by atoms with Gasteiger partial charge in [-0.1, -0.05) is 29.3 Å². The first-order valence-corrected chi connectivity index (χ1v) is 8.59. The fraction of sp³-hybridized carbons (Fsp3) is 0.176. The maximum atomic E-state index is 11.4. The lowest BCUT2D eigenvalue weighted by Crippen LogP contribution is -2.04. The first kappa shape index (κ1) is 17.3. The third-order valence-corrected chi connectivity index (χ3v) is 5.18. The number of halogens is 3. The first-order chi connectivity index (χ1) is 11.4. The molecule has 0 aliphatic heterocycles. The molecule has 0 amide bonds. The molecule has 124 valence electrons. The monoisotopic (exact) mass is 427 g/mol. The van der Waals surface area contributed by atoms with Crippen LogP contribution in [0.25, 0.3) is 5.57 Å². The van der Waals surface area contributed by atoms with Crippen LogP contribution in [0.4, 0.5) is 0 Å². The molecule has 1 N–H and O–H groups in total.